The number of thioether (sulfide) groups is 1. The number of carbonyl (C=O) groups excluding carboxylic acids is 4. The quantitative estimate of drug-likeness (QED) is 0.317. The van der Waals surface area contributed by atoms with Gasteiger partial charge in [-0.25, -0.2) is 9.59 Å². The van der Waals surface area contributed by atoms with E-state index in [0.717, 1.165) is 5.56 Å². The predicted molar refractivity (Wildman–Crippen MR) is 146 cm³/mol. The van der Waals surface area contributed by atoms with Crippen LogP contribution in [0.4, 0.5) is 10.6 Å². The maximum absolute atomic E-state index is 13.4. The molecule has 210 valence electrons. The molecule has 11 nitrogen and oxygen atoms in total. The van der Waals surface area contributed by atoms with Crippen LogP contribution in [-0.4, -0.2) is 63.2 Å². The van der Waals surface area contributed by atoms with E-state index < -0.39 is 35.0 Å². The highest BCUT2D eigenvalue weighted by atomic mass is 32.2. The van der Waals surface area contributed by atoms with Gasteiger partial charge in [0, 0.05) is 23.9 Å². The van der Waals surface area contributed by atoms with Crippen LogP contribution in [-0.2, 0) is 30.5 Å². The molecule has 3 amide bonds. The minimum atomic E-state index is -0.856. The van der Waals surface area contributed by atoms with Crippen LogP contribution >= 0.6 is 11.8 Å². The van der Waals surface area contributed by atoms with Crippen LogP contribution < -0.4 is 10.2 Å². The highest BCUT2D eigenvalue weighted by Crippen LogP contribution is 2.42. The Morgan fingerprint density at radius 3 is 2.65 bits per heavy atom. The fraction of sp³-hybridized carbons (Fsp3) is 0.393. The largest absolute Gasteiger partial charge is 0.456 e. The summed E-state index contributed by atoms with van der Waals surface area (Å²) >= 11 is 1.39. The molecule has 1 aromatic carbocycles. The number of benzene rings is 1. The maximum Gasteiger partial charge on any atom is 0.408 e. The van der Waals surface area contributed by atoms with Crippen molar-refractivity contribution >= 4 is 41.5 Å². The number of nitrogens with one attached hydrogen (secondary N) is 1. The van der Waals surface area contributed by atoms with E-state index in [2.05, 4.69) is 10.5 Å². The number of hydrogen-bond donors (Lipinski definition) is 1. The van der Waals surface area contributed by atoms with Crippen LogP contribution in [0, 0.1) is 6.92 Å². The van der Waals surface area contributed by atoms with Gasteiger partial charge in [0.1, 0.15) is 35.1 Å². The molecule has 2 atom stereocenters. The summed E-state index contributed by atoms with van der Waals surface area (Å²) in [5.41, 5.74) is 1.13. The van der Waals surface area contributed by atoms with Crippen molar-refractivity contribution in [2.24, 2.45) is 0 Å². The number of amides is 3. The topological polar surface area (TPSA) is 131 Å². The number of esters is 1. The third kappa shape index (κ3) is 5.62. The molecule has 3 aliphatic heterocycles. The van der Waals surface area contributed by atoms with Gasteiger partial charge in [-0.2, -0.15) is 0 Å². The van der Waals surface area contributed by atoms with Crippen molar-refractivity contribution in [2.45, 2.75) is 57.7 Å². The van der Waals surface area contributed by atoms with Gasteiger partial charge in [-0.1, -0.05) is 35.5 Å². The molecule has 2 aromatic rings. The zero-order chi connectivity index (χ0) is 28.6. The Bertz CT molecular complexity index is 1410. The minimum Gasteiger partial charge on any atom is -0.456 e. The molecule has 1 N–H and O–H groups in total. The average molecular weight is 567 g/mol. The number of fused-ring (bicyclic) bond motifs is 1. The second-order valence-corrected chi connectivity index (χ2v) is 11.7. The van der Waals surface area contributed by atoms with Gasteiger partial charge in [0.25, 0.3) is 11.8 Å². The van der Waals surface area contributed by atoms with Crippen LogP contribution in [0.15, 0.2) is 63.8 Å². The first kappa shape index (κ1) is 27.5. The third-order valence-corrected chi connectivity index (χ3v) is 7.74. The van der Waals surface area contributed by atoms with Gasteiger partial charge in [-0.15, -0.1) is 11.8 Å². The van der Waals surface area contributed by atoms with E-state index >= 15 is 0 Å². The lowest BCUT2D eigenvalue weighted by molar-refractivity contribution is -0.152. The molecular weight excluding hydrogens is 536 g/mol. The summed E-state index contributed by atoms with van der Waals surface area (Å²) in [6, 6.07) is 10.0. The van der Waals surface area contributed by atoms with Crippen molar-refractivity contribution in [3.05, 3.63) is 70.6 Å². The van der Waals surface area contributed by atoms with Gasteiger partial charge in [0.15, 0.2) is 5.82 Å². The van der Waals surface area contributed by atoms with Gasteiger partial charge in [-0.05, 0) is 51.3 Å². The highest BCUT2D eigenvalue weighted by Gasteiger charge is 2.54. The lowest BCUT2D eigenvalue weighted by Gasteiger charge is -2.49. The number of rotatable bonds is 6. The van der Waals surface area contributed by atoms with E-state index in [1.54, 1.807) is 39.8 Å². The van der Waals surface area contributed by atoms with E-state index in [1.165, 1.54) is 21.6 Å². The third-order valence-electron chi connectivity index (χ3n) is 6.44. The standard InChI is InChI=1S/C28H30N4O7S/c1-16-12-20(30-39-16)31-11-10-18(23(31)33)13-19-15-40-25-21(29-27(36)38-28(2,3)4)24(34)32(25)22(19)26(35)37-14-17-8-6-5-7-9-17/h5-9,12-13,21,25H,10-11,14-15H2,1-4H3,(H,29,36)/b18-13+/t21-,25-/m1/s1. The second-order valence-electron chi connectivity index (χ2n) is 10.6. The molecular formula is C28H30N4O7S. The van der Waals surface area contributed by atoms with Crippen LogP contribution in [0.1, 0.15) is 38.5 Å². The van der Waals surface area contributed by atoms with Gasteiger partial charge in [0.05, 0.1) is 0 Å². The molecule has 0 saturated carbocycles. The fourth-order valence-corrected chi connectivity index (χ4v) is 5.93. The Kier molecular flexibility index (Phi) is 7.45. The summed E-state index contributed by atoms with van der Waals surface area (Å²) in [5, 5.41) is 6.04. The number of hydrogen-bond acceptors (Lipinski definition) is 9. The monoisotopic (exact) mass is 566 g/mol. The lowest BCUT2D eigenvalue weighted by Crippen LogP contribution is -2.70. The molecule has 0 radical (unpaired) electrons. The van der Waals surface area contributed by atoms with E-state index in [1.807, 2.05) is 30.3 Å². The highest BCUT2D eigenvalue weighted by molar-refractivity contribution is 8.00. The number of β-lactam (4-membered cyclic amide) rings is 1. The summed E-state index contributed by atoms with van der Waals surface area (Å²) in [5.74, 6) is -0.0374. The number of ether oxygens (including phenoxy) is 2. The molecule has 2 saturated heterocycles. The molecule has 1 aromatic heterocycles. The molecule has 4 heterocycles. The number of aryl methyl sites for hydroxylation is 1. The molecule has 0 spiro atoms. The molecule has 40 heavy (non-hydrogen) atoms. The predicted octanol–water partition coefficient (Wildman–Crippen LogP) is 3.45. The van der Waals surface area contributed by atoms with Crippen LogP contribution in [0.3, 0.4) is 0 Å². The summed E-state index contributed by atoms with van der Waals surface area (Å²) in [7, 11) is 0. The molecule has 0 unspecified atom stereocenters. The second kappa shape index (κ2) is 10.8. The van der Waals surface area contributed by atoms with Crippen molar-refractivity contribution < 1.29 is 33.2 Å². The SMILES string of the molecule is Cc1cc(N2CC/C(=C\C3=C(C(=O)OCc4ccccc4)N4C(=O)[C@@H](NC(=O)OC(C)(C)C)[C@H]4SC3)C2=O)no1. The van der Waals surface area contributed by atoms with Crippen molar-refractivity contribution in [3.63, 3.8) is 0 Å². The lowest BCUT2D eigenvalue weighted by atomic mass is 10.0. The number of allylic oxidation sites excluding steroid dienone is 1. The first-order valence-electron chi connectivity index (χ1n) is 12.9. The van der Waals surface area contributed by atoms with Crippen LogP contribution in [0.2, 0.25) is 0 Å². The molecule has 0 bridgehead atoms. The van der Waals surface area contributed by atoms with Gasteiger partial charge in [0.2, 0.25) is 0 Å². The Balaban J connectivity index is 1.40. The number of anilines is 1. The number of carbonyl (C=O) groups is 4. The molecule has 2 fully saturated rings. The Labute approximate surface area is 235 Å². The van der Waals surface area contributed by atoms with Crippen LogP contribution in [0.5, 0.6) is 0 Å². The van der Waals surface area contributed by atoms with Crippen molar-refractivity contribution in [1.29, 1.82) is 0 Å². The zero-order valence-corrected chi connectivity index (χ0v) is 23.4. The van der Waals surface area contributed by atoms with Crippen LogP contribution in [0.25, 0.3) is 0 Å². The molecule has 3 aliphatic rings. The smallest absolute Gasteiger partial charge is 0.408 e. The number of aromatic nitrogens is 1. The Morgan fingerprint density at radius 1 is 1.23 bits per heavy atom. The Hall–Kier alpha value is -4.06. The Morgan fingerprint density at radius 2 is 1.98 bits per heavy atom. The fourth-order valence-electron chi connectivity index (χ4n) is 4.63. The zero-order valence-electron chi connectivity index (χ0n) is 22.6. The van der Waals surface area contributed by atoms with E-state index in [0.29, 0.717) is 41.4 Å². The van der Waals surface area contributed by atoms with E-state index in [4.69, 9.17) is 14.0 Å². The minimum absolute atomic E-state index is 0.0185. The number of alkyl carbamates (subject to hydrolysis) is 1. The average Bonchev–Trinajstić information content (AvgIpc) is 3.50. The van der Waals surface area contributed by atoms with Crippen molar-refractivity contribution in [1.82, 2.24) is 15.4 Å². The van der Waals surface area contributed by atoms with Gasteiger partial charge >= 0.3 is 12.1 Å². The summed E-state index contributed by atoms with van der Waals surface area (Å²) in [6.45, 7) is 7.37. The molecule has 0 aliphatic carbocycles. The summed E-state index contributed by atoms with van der Waals surface area (Å²) in [4.78, 5) is 55.1. The normalized spacial score (nSPS) is 21.9. The summed E-state index contributed by atoms with van der Waals surface area (Å²) in [6.07, 6.45) is 1.39. The van der Waals surface area contributed by atoms with E-state index in [-0.39, 0.29) is 18.2 Å². The van der Waals surface area contributed by atoms with E-state index in [9.17, 15) is 19.2 Å². The first-order chi connectivity index (χ1) is 19.0. The molecule has 5 rings (SSSR count). The maximum atomic E-state index is 13.4. The first-order valence-corrected chi connectivity index (χ1v) is 13.9. The van der Waals surface area contributed by atoms with Gasteiger partial charge < -0.3 is 19.3 Å². The number of nitrogens with zero attached hydrogens (tertiary/aromatic N) is 3. The van der Waals surface area contributed by atoms with Crippen molar-refractivity contribution in [3.8, 4) is 0 Å². The molecule has 12 heteroatoms. The summed E-state index contributed by atoms with van der Waals surface area (Å²) < 4.78 is 16.0. The van der Waals surface area contributed by atoms with Crippen molar-refractivity contribution in [2.75, 3.05) is 17.2 Å². The van der Waals surface area contributed by atoms with Gasteiger partial charge in [-0.3, -0.25) is 19.4 Å².